The summed E-state index contributed by atoms with van der Waals surface area (Å²) in [7, 11) is 0. The summed E-state index contributed by atoms with van der Waals surface area (Å²) in [5, 5.41) is 7.30. The highest BCUT2D eigenvalue weighted by atomic mass is 16.5. The number of carbonyl (C=O) groups excluding carboxylic acids is 1. The molecule has 2 aliphatic heterocycles. The molecular weight excluding hydrogens is 376 g/mol. The molecule has 158 valence electrons. The van der Waals surface area contributed by atoms with E-state index in [2.05, 4.69) is 43.5 Å². The second kappa shape index (κ2) is 8.11. The van der Waals surface area contributed by atoms with Crippen LogP contribution in [0.2, 0.25) is 0 Å². The Balaban J connectivity index is 1.53. The van der Waals surface area contributed by atoms with E-state index in [4.69, 9.17) is 9.73 Å². The molecule has 4 rings (SSSR count). The summed E-state index contributed by atoms with van der Waals surface area (Å²) in [6.45, 7) is 8.30. The highest BCUT2D eigenvalue weighted by molar-refractivity contribution is 6.04. The van der Waals surface area contributed by atoms with Gasteiger partial charge >= 0.3 is 0 Å². The lowest BCUT2D eigenvalue weighted by Gasteiger charge is -2.32. The fraction of sp³-hybridized carbons (Fsp3) is 0.417. The Kier molecular flexibility index (Phi) is 5.52. The third-order valence-corrected chi connectivity index (χ3v) is 5.52. The van der Waals surface area contributed by atoms with E-state index in [-0.39, 0.29) is 18.1 Å². The van der Waals surface area contributed by atoms with Crippen molar-refractivity contribution in [2.24, 2.45) is 4.99 Å². The van der Waals surface area contributed by atoms with Crippen molar-refractivity contribution >= 4 is 17.4 Å². The second-order valence-electron chi connectivity index (χ2n) is 9.02. The van der Waals surface area contributed by atoms with E-state index in [1.54, 1.807) is 0 Å². The fourth-order valence-electron chi connectivity index (χ4n) is 3.98. The largest absolute Gasteiger partial charge is 0.484 e. The van der Waals surface area contributed by atoms with Gasteiger partial charge in [-0.2, -0.15) is 0 Å². The molecule has 1 fully saturated rings. The summed E-state index contributed by atoms with van der Waals surface area (Å²) in [5.74, 6) is 1.60. The summed E-state index contributed by atoms with van der Waals surface area (Å²) >= 11 is 0. The highest BCUT2D eigenvalue weighted by Crippen LogP contribution is 2.31. The summed E-state index contributed by atoms with van der Waals surface area (Å²) in [5.41, 5.74) is 1.65. The zero-order valence-electron chi connectivity index (χ0n) is 17.9. The molecule has 0 aliphatic carbocycles. The van der Waals surface area contributed by atoms with Crippen LogP contribution < -0.4 is 15.4 Å². The Hall–Kier alpha value is -2.86. The molecule has 2 heterocycles. The smallest absolute Gasteiger partial charge is 0.260 e. The van der Waals surface area contributed by atoms with E-state index in [0.29, 0.717) is 18.8 Å². The van der Waals surface area contributed by atoms with E-state index in [0.717, 1.165) is 24.5 Å². The standard InChI is InChI=1S/C24H30N4O2/c1-23(2,3)27-22-24(25-15-18-9-7-8-12-20(18)26-22)13-14-28(17-24)21(29)16-30-19-10-5-4-6-11-19/h4-12,25H,13-17H2,1-3H3,(H,26,27). The minimum absolute atomic E-state index is 0.00519. The van der Waals surface area contributed by atoms with Crippen molar-refractivity contribution in [3.05, 3.63) is 60.2 Å². The molecular formula is C24H30N4O2. The van der Waals surface area contributed by atoms with Gasteiger partial charge in [-0.25, -0.2) is 0 Å². The van der Waals surface area contributed by atoms with Gasteiger partial charge in [0.25, 0.3) is 5.91 Å². The topological polar surface area (TPSA) is 66.0 Å². The van der Waals surface area contributed by atoms with E-state index < -0.39 is 5.54 Å². The van der Waals surface area contributed by atoms with Crippen LogP contribution in [0.25, 0.3) is 0 Å². The number of carbonyl (C=O) groups is 1. The Bertz CT molecular complexity index is 936. The van der Waals surface area contributed by atoms with Gasteiger partial charge in [-0.1, -0.05) is 36.4 Å². The van der Waals surface area contributed by atoms with E-state index >= 15 is 0 Å². The van der Waals surface area contributed by atoms with Crippen molar-refractivity contribution in [3.8, 4) is 5.75 Å². The number of benzene rings is 2. The van der Waals surface area contributed by atoms with E-state index in [1.807, 2.05) is 47.4 Å². The third-order valence-electron chi connectivity index (χ3n) is 5.52. The lowest BCUT2D eigenvalue weighted by atomic mass is 9.95. The predicted molar refractivity (Wildman–Crippen MR) is 120 cm³/mol. The van der Waals surface area contributed by atoms with Crippen LogP contribution in [0.15, 0.2) is 59.6 Å². The van der Waals surface area contributed by atoms with Crippen LogP contribution in [-0.4, -0.2) is 47.4 Å². The zero-order chi connectivity index (χ0) is 21.2. The molecule has 1 atom stereocenters. The number of nitrogens with one attached hydrogen (secondary N) is 2. The molecule has 1 unspecified atom stereocenters. The van der Waals surface area contributed by atoms with Crippen LogP contribution in [0.3, 0.4) is 0 Å². The van der Waals surface area contributed by atoms with Crippen LogP contribution in [-0.2, 0) is 11.3 Å². The summed E-state index contributed by atoms with van der Waals surface area (Å²) in [6.07, 6.45) is 0.806. The first-order chi connectivity index (χ1) is 14.3. The molecule has 6 heteroatoms. The molecule has 0 aromatic heterocycles. The van der Waals surface area contributed by atoms with Crippen LogP contribution in [0, 0.1) is 0 Å². The number of anilines is 1. The third kappa shape index (κ3) is 4.49. The number of hydrogen-bond donors (Lipinski definition) is 2. The molecule has 0 radical (unpaired) electrons. The van der Waals surface area contributed by atoms with Crippen LogP contribution in [0.1, 0.15) is 32.8 Å². The highest BCUT2D eigenvalue weighted by Gasteiger charge is 2.45. The molecule has 2 aromatic carbocycles. The van der Waals surface area contributed by atoms with E-state index in [1.165, 1.54) is 5.56 Å². The first kappa shape index (κ1) is 20.4. The number of para-hydroxylation sites is 2. The van der Waals surface area contributed by atoms with Gasteiger partial charge in [0, 0.05) is 25.3 Å². The minimum atomic E-state index is -0.394. The quantitative estimate of drug-likeness (QED) is 0.819. The zero-order valence-corrected chi connectivity index (χ0v) is 17.9. The Morgan fingerprint density at radius 2 is 1.87 bits per heavy atom. The number of fused-ring (bicyclic) bond motifs is 1. The molecule has 30 heavy (non-hydrogen) atoms. The molecule has 2 aliphatic rings. The number of hydrogen-bond acceptors (Lipinski definition) is 4. The molecule has 2 aromatic rings. The first-order valence-electron chi connectivity index (χ1n) is 10.5. The maximum absolute atomic E-state index is 12.9. The van der Waals surface area contributed by atoms with Gasteiger partial charge in [0.2, 0.25) is 0 Å². The van der Waals surface area contributed by atoms with Crippen molar-refractivity contribution in [1.82, 2.24) is 10.2 Å². The SMILES string of the molecule is CC(C)(C)N=C1Nc2ccccc2CNC12CCN(C(=O)COc1ccccc1)C2. The van der Waals surface area contributed by atoms with Crippen LogP contribution in [0.4, 0.5) is 5.69 Å². The molecule has 1 amide bonds. The Morgan fingerprint density at radius 1 is 1.13 bits per heavy atom. The lowest BCUT2D eigenvalue weighted by Crippen LogP contribution is -2.56. The number of ether oxygens (including phenoxy) is 1. The monoisotopic (exact) mass is 406 g/mol. The Labute approximate surface area is 178 Å². The van der Waals surface area contributed by atoms with Crippen molar-refractivity contribution in [3.63, 3.8) is 0 Å². The second-order valence-corrected chi connectivity index (χ2v) is 9.02. The van der Waals surface area contributed by atoms with Gasteiger partial charge in [-0.15, -0.1) is 0 Å². The average Bonchev–Trinajstić information content (AvgIpc) is 3.10. The van der Waals surface area contributed by atoms with Gasteiger partial charge in [-0.05, 0) is 51.0 Å². The van der Waals surface area contributed by atoms with Gasteiger partial charge in [-0.3, -0.25) is 15.1 Å². The van der Waals surface area contributed by atoms with Crippen molar-refractivity contribution in [1.29, 1.82) is 0 Å². The number of amides is 1. The van der Waals surface area contributed by atoms with Gasteiger partial charge in [0.05, 0.1) is 11.1 Å². The molecule has 1 saturated heterocycles. The summed E-state index contributed by atoms with van der Waals surface area (Å²) in [4.78, 5) is 19.8. The number of rotatable bonds is 3. The molecule has 0 bridgehead atoms. The van der Waals surface area contributed by atoms with Gasteiger partial charge < -0.3 is 15.0 Å². The van der Waals surface area contributed by atoms with Crippen molar-refractivity contribution < 1.29 is 9.53 Å². The van der Waals surface area contributed by atoms with Crippen molar-refractivity contribution in [2.75, 3.05) is 25.0 Å². The average molecular weight is 407 g/mol. The van der Waals surface area contributed by atoms with Crippen molar-refractivity contribution in [2.45, 2.75) is 44.8 Å². The number of likely N-dealkylation sites (tertiary alicyclic amines) is 1. The molecule has 0 saturated carbocycles. The number of amidine groups is 1. The first-order valence-corrected chi connectivity index (χ1v) is 10.5. The molecule has 6 nitrogen and oxygen atoms in total. The Morgan fingerprint density at radius 3 is 2.63 bits per heavy atom. The minimum Gasteiger partial charge on any atom is -0.484 e. The normalized spacial score (nSPS) is 22.5. The maximum atomic E-state index is 12.9. The molecule has 2 N–H and O–H groups in total. The van der Waals surface area contributed by atoms with E-state index in [9.17, 15) is 4.79 Å². The summed E-state index contributed by atoms with van der Waals surface area (Å²) < 4.78 is 5.68. The van der Waals surface area contributed by atoms with Gasteiger partial charge in [0.15, 0.2) is 6.61 Å². The van der Waals surface area contributed by atoms with Gasteiger partial charge in [0.1, 0.15) is 11.6 Å². The van der Waals surface area contributed by atoms with Crippen LogP contribution in [0.5, 0.6) is 5.75 Å². The lowest BCUT2D eigenvalue weighted by molar-refractivity contribution is -0.132. The molecule has 1 spiro atoms. The number of nitrogens with zero attached hydrogens (tertiary/aromatic N) is 2. The van der Waals surface area contributed by atoms with Crippen LogP contribution >= 0.6 is 0 Å². The maximum Gasteiger partial charge on any atom is 0.260 e. The summed E-state index contributed by atoms with van der Waals surface area (Å²) in [6, 6.07) is 17.7. The number of aliphatic imine (C=N–C) groups is 1. The fourth-order valence-corrected chi connectivity index (χ4v) is 3.98. The predicted octanol–water partition coefficient (Wildman–Crippen LogP) is 3.45.